The molecule has 106 valence electrons. The standard InChI is InChI=1S/C16H10Cl2FNO/c17-14-8-11(4-2-6-20)9-15(18)16(14)21-10-12-3-1-5-13(19)7-12/h1-5,7-9H,10H2. The van der Waals surface area contributed by atoms with Gasteiger partial charge in [-0.2, -0.15) is 5.26 Å². The molecule has 5 heteroatoms. The van der Waals surface area contributed by atoms with Gasteiger partial charge in [0.2, 0.25) is 0 Å². The molecular formula is C16H10Cl2FNO. The molecule has 2 rings (SSSR count). The zero-order chi connectivity index (χ0) is 15.2. The molecule has 0 bridgehead atoms. The van der Waals surface area contributed by atoms with Crippen LogP contribution in [0, 0.1) is 17.1 Å². The number of nitriles is 1. The zero-order valence-electron chi connectivity index (χ0n) is 10.8. The number of halogens is 3. The molecular weight excluding hydrogens is 312 g/mol. The molecule has 0 aliphatic rings. The fourth-order valence-corrected chi connectivity index (χ4v) is 2.34. The van der Waals surface area contributed by atoms with Gasteiger partial charge in [0.25, 0.3) is 0 Å². The van der Waals surface area contributed by atoms with Gasteiger partial charge in [-0.3, -0.25) is 0 Å². The second-order valence-electron chi connectivity index (χ2n) is 4.19. The van der Waals surface area contributed by atoms with E-state index in [4.69, 9.17) is 33.2 Å². The van der Waals surface area contributed by atoms with Crippen LogP contribution in [0.1, 0.15) is 11.1 Å². The third kappa shape index (κ3) is 4.22. The highest BCUT2D eigenvalue weighted by molar-refractivity contribution is 6.37. The van der Waals surface area contributed by atoms with Crippen LogP contribution in [0.4, 0.5) is 4.39 Å². The number of allylic oxidation sites excluding steroid dienone is 1. The topological polar surface area (TPSA) is 33.0 Å². The van der Waals surface area contributed by atoms with Crippen LogP contribution in [0.5, 0.6) is 5.75 Å². The van der Waals surface area contributed by atoms with Crippen molar-refractivity contribution < 1.29 is 9.13 Å². The molecule has 0 aliphatic carbocycles. The van der Waals surface area contributed by atoms with E-state index in [1.165, 1.54) is 18.2 Å². The highest BCUT2D eigenvalue weighted by atomic mass is 35.5. The van der Waals surface area contributed by atoms with Gasteiger partial charge in [-0.1, -0.05) is 35.3 Å². The quantitative estimate of drug-likeness (QED) is 0.720. The van der Waals surface area contributed by atoms with Crippen molar-refractivity contribution in [2.24, 2.45) is 0 Å². The Bertz CT molecular complexity index is 699. The Morgan fingerprint density at radius 2 is 1.90 bits per heavy atom. The predicted octanol–water partition coefficient (Wildman–Crippen LogP) is 5.25. The van der Waals surface area contributed by atoms with Crippen molar-refractivity contribution in [1.82, 2.24) is 0 Å². The largest absolute Gasteiger partial charge is 0.486 e. The lowest BCUT2D eigenvalue weighted by Crippen LogP contribution is -1.97. The zero-order valence-corrected chi connectivity index (χ0v) is 12.3. The predicted molar refractivity (Wildman–Crippen MR) is 81.8 cm³/mol. The molecule has 0 spiro atoms. The van der Waals surface area contributed by atoms with Gasteiger partial charge in [0.15, 0.2) is 5.75 Å². The van der Waals surface area contributed by atoms with Gasteiger partial charge in [0, 0.05) is 6.08 Å². The molecule has 0 saturated carbocycles. The van der Waals surface area contributed by atoms with E-state index in [2.05, 4.69) is 0 Å². The molecule has 2 aromatic rings. The lowest BCUT2D eigenvalue weighted by Gasteiger charge is -2.11. The van der Waals surface area contributed by atoms with Gasteiger partial charge < -0.3 is 4.74 Å². The number of nitrogens with zero attached hydrogens (tertiary/aromatic N) is 1. The third-order valence-electron chi connectivity index (χ3n) is 2.64. The van der Waals surface area contributed by atoms with Gasteiger partial charge in [-0.15, -0.1) is 0 Å². The van der Waals surface area contributed by atoms with E-state index in [9.17, 15) is 4.39 Å². The molecule has 21 heavy (non-hydrogen) atoms. The Balaban J connectivity index is 2.17. The summed E-state index contributed by atoms with van der Waals surface area (Å²) < 4.78 is 18.6. The fourth-order valence-electron chi connectivity index (χ4n) is 1.73. The van der Waals surface area contributed by atoms with Gasteiger partial charge >= 0.3 is 0 Å². The summed E-state index contributed by atoms with van der Waals surface area (Å²) in [6, 6.07) is 11.3. The van der Waals surface area contributed by atoms with Crippen molar-refractivity contribution >= 4 is 29.3 Å². The average Bonchev–Trinajstić information content (AvgIpc) is 2.44. The van der Waals surface area contributed by atoms with E-state index in [1.807, 2.05) is 6.07 Å². The van der Waals surface area contributed by atoms with Gasteiger partial charge in [0.1, 0.15) is 12.4 Å². The first-order valence-corrected chi connectivity index (χ1v) is 6.78. The van der Waals surface area contributed by atoms with Crippen molar-refractivity contribution in [2.75, 3.05) is 0 Å². The number of benzene rings is 2. The van der Waals surface area contributed by atoms with E-state index in [0.29, 0.717) is 26.9 Å². The van der Waals surface area contributed by atoms with Crippen molar-refractivity contribution in [1.29, 1.82) is 5.26 Å². The molecule has 0 heterocycles. The minimum Gasteiger partial charge on any atom is -0.486 e. The summed E-state index contributed by atoms with van der Waals surface area (Å²) in [5, 5.41) is 9.16. The molecule has 0 aromatic heterocycles. The molecule has 0 amide bonds. The highest BCUT2D eigenvalue weighted by Crippen LogP contribution is 2.35. The molecule has 0 unspecified atom stereocenters. The molecule has 2 nitrogen and oxygen atoms in total. The van der Waals surface area contributed by atoms with E-state index < -0.39 is 0 Å². The first-order valence-electron chi connectivity index (χ1n) is 6.02. The number of hydrogen-bond donors (Lipinski definition) is 0. The van der Waals surface area contributed by atoms with Crippen LogP contribution in [0.2, 0.25) is 10.0 Å². The normalized spacial score (nSPS) is 10.6. The Labute approximate surface area is 132 Å². The van der Waals surface area contributed by atoms with Crippen LogP contribution in [0.25, 0.3) is 6.08 Å². The van der Waals surface area contributed by atoms with E-state index in [-0.39, 0.29) is 12.4 Å². The Morgan fingerprint density at radius 3 is 2.52 bits per heavy atom. The minimum absolute atomic E-state index is 0.157. The second kappa shape index (κ2) is 7.12. The summed E-state index contributed by atoms with van der Waals surface area (Å²) in [5.74, 6) is 0.00184. The maximum absolute atomic E-state index is 13.1. The van der Waals surface area contributed by atoms with Crippen LogP contribution in [-0.4, -0.2) is 0 Å². The summed E-state index contributed by atoms with van der Waals surface area (Å²) in [5.41, 5.74) is 1.38. The smallest absolute Gasteiger partial charge is 0.157 e. The summed E-state index contributed by atoms with van der Waals surface area (Å²) in [4.78, 5) is 0. The Kier molecular flexibility index (Phi) is 5.21. The summed E-state index contributed by atoms with van der Waals surface area (Å²) in [6.45, 7) is 0.157. The number of hydrogen-bond acceptors (Lipinski definition) is 2. The second-order valence-corrected chi connectivity index (χ2v) is 5.01. The van der Waals surface area contributed by atoms with Gasteiger partial charge in [0.05, 0.1) is 16.1 Å². The lowest BCUT2D eigenvalue weighted by atomic mass is 10.2. The summed E-state index contributed by atoms with van der Waals surface area (Å²) in [7, 11) is 0. The first-order chi connectivity index (χ1) is 10.1. The molecule has 0 atom stereocenters. The van der Waals surface area contributed by atoms with Crippen LogP contribution in [0.3, 0.4) is 0 Å². The lowest BCUT2D eigenvalue weighted by molar-refractivity contribution is 0.306. The molecule has 0 fully saturated rings. The highest BCUT2D eigenvalue weighted by Gasteiger charge is 2.09. The molecule has 0 radical (unpaired) electrons. The van der Waals surface area contributed by atoms with Crippen LogP contribution in [-0.2, 0) is 6.61 Å². The molecule has 0 N–H and O–H groups in total. The maximum atomic E-state index is 13.1. The van der Waals surface area contributed by atoms with Crippen molar-refractivity contribution in [3.8, 4) is 11.8 Å². The van der Waals surface area contributed by atoms with Crippen LogP contribution in [0.15, 0.2) is 42.5 Å². The van der Waals surface area contributed by atoms with Crippen LogP contribution >= 0.6 is 23.2 Å². The number of ether oxygens (including phenoxy) is 1. The number of rotatable bonds is 4. The van der Waals surface area contributed by atoms with E-state index in [0.717, 1.165) is 0 Å². The van der Waals surface area contributed by atoms with E-state index >= 15 is 0 Å². The van der Waals surface area contributed by atoms with Gasteiger partial charge in [-0.25, -0.2) is 4.39 Å². The monoisotopic (exact) mass is 321 g/mol. The third-order valence-corrected chi connectivity index (χ3v) is 3.20. The minimum atomic E-state index is -0.328. The maximum Gasteiger partial charge on any atom is 0.157 e. The fraction of sp³-hybridized carbons (Fsp3) is 0.0625. The Hall–Kier alpha value is -2.02. The van der Waals surface area contributed by atoms with E-state index in [1.54, 1.807) is 30.3 Å². The molecule has 2 aromatic carbocycles. The summed E-state index contributed by atoms with van der Waals surface area (Å²) >= 11 is 12.2. The van der Waals surface area contributed by atoms with Crippen molar-refractivity contribution in [3.63, 3.8) is 0 Å². The van der Waals surface area contributed by atoms with Crippen molar-refractivity contribution in [2.45, 2.75) is 6.61 Å². The first kappa shape index (κ1) is 15.4. The summed E-state index contributed by atoms with van der Waals surface area (Å²) in [6.07, 6.45) is 2.92. The Morgan fingerprint density at radius 1 is 1.19 bits per heavy atom. The molecule has 0 aliphatic heterocycles. The van der Waals surface area contributed by atoms with Gasteiger partial charge in [-0.05, 0) is 41.5 Å². The van der Waals surface area contributed by atoms with Crippen LogP contribution < -0.4 is 4.74 Å². The van der Waals surface area contributed by atoms with Crippen molar-refractivity contribution in [3.05, 3.63) is 69.5 Å². The molecule has 0 saturated heterocycles. The average molecular weight is 322 g/mol. The SMILES string of the molecule is N#CC=Cc1cc(Cl)c(OCc2cccc(F)c2)c(Cl)c1.